The van der Waals surface area contributed by atoms with Gasteiger partial charge in [-0.3, -0.25) is 0 Å². The van der Waals surface area contributed by atoms with Gasteiger partial charge in [-0.1, -0.05) is 38.1 Å². The van der Waals surface area contributed by atoms with E-state index in [1.54, 1.807) is 0 Å². The van der Waals surface area contributed by atoms with Gasteiger partial charge in [-0.05, 0) is 52.3 Å². The Morgan fingerprint density at radius 2 is 1.79 bits per heavy atom. The molecule has 0 radical (unpaired) electrons. The molecule has 1 heterocycles. The summed E-state index contributed by atoms with van der Waals surface area (Å²) in [5.74, 6) is 1.50. The van der Waals surface area contributed by atoms with Gasteiger partial charge in [0, 0.05) is 9.13 Å². The molecule has 0 unspecified atom stereocenters. The highest BCUT2D eigenvalue weighted by Crippen LogP contribution is 2.23. The lowest BCUT2D eigenvalue weighted by atomic mass is 10.0. The quantitative estimate of drug-likeness (QED) is 0.642. The fourth-order valence-corrected chi connectivity index (χ4v) is 2.64. The van der Waals surface area contributed by atoms with Crippen LogP contribution in [0.1, 0.15) is 25.3 Å². The maximum Gasteiger partial charge on any atom is 0.138 e. The first kappa shape index (κ1) is 12.7. The van der Waals surface area contributed by atoms with E-state index in [4.69, 9.17) is 0 Å². The summed E-state index contributed by atoms with van der Waals surface area (Å²) in [5.41, 5.74) is 4.60. The molecule has 0 spiro atoms. The lowest BCUT2D eigenvalue weighted by Gasteiger charge is -2.05. The second kappa shape index (κ2) is 4.96. The third kappa shape index (κ3) is 2.52. The van der Waals surface area contributed by atoms with Gasteiger partial charge in [-0.2, -0.15) is 0 Å². The average Bonchev–Trinajstić information content (AvgIpc) is 2.81. The number of fused-ring (bicyclic) bond motifs is 1. The van der Waals surface area contributed by atoms with E-state index in [9.17, 15) is 0 Å². The van der Waals surface area contributed by atoms with Gasteiger partial charge >= 0.3 is 0 Å². The number of hydrogen-bond acceptors (Lipinski definition) is 1. The molecule has 0 atom stereocenters. The van der Waals surface area contributed by atoms with Gasteiger partial charge in [0.2, 0.25) is 0 Å². The van der Waals surface area contributed by atoms with E-state index in [0.29, 0.717) is 5.92 Å². The Bertz CT molecular complexity index is 711. The summed E-state index contributed by atoms with van der Waals surface area (Å²) in [6, 6.07) is 14.9. The molecule has 2 nitrogen and oxygen atoms in total. The highest BCUT2D eigenvalue weighted by atomic mass is 127. The molecule has 0 aliphatic carbocycles. The summed E-state index contributed by atoms with van der Waals surface area (Å²) in [6.07, 6.45) is 0. The third-order valence-electron chi connectivity index (χ3n) is 3.29. The minimum absolute atomic E-state index is 0.561. The minimum Gasteiger partial charge on any atom is -0.338 e. The van der Waals surface area contributed by atoms with Crippen LogP contribution in [0.3, 0.4) is 0 Å². The number of aromatic nitrogens is 2. The lowest BCUT2D eigenvalue weighted by Crippen LogP contribution is -1.87. The van der Waals surface area contributed by atoms with Crippen molar-refractivity contribution in [2.45, 2.75) is 19.8 Å². The summed E-state index contributed by atoms with van der Waals surface area (Å²) >= 11 is 2.32. The van der Waals surface area contributed by atoms with Crippen molar-refractivity contribution in [3.63, 3.8) is 0 Å². The second-order valence-corrected chi connectivity index (χ2v) is 6.27. The molecular weight excluding hydrogens is 347 g/mol. The molecular formula is C16H15IN2. The van der Waals surface area contributed by atoms with Crippen LogP contribution in [0.4, 0.5) is 0 Å². The molecule has 0 saturated heterocycles. The van der Waals surface area contributed by atoms with Gasteiger partial charge in [-0.15, -0.1) is 0 Å². The zero-order valence-corrected chi connectivity index (χ0v) is 13.1. The molecule has 96 valence electrons. The van der Waals surface area contributed by atoms with Crippen LogP contribution < -0.4 is 0 Å². The maximum atomic E-state index is 4.64. The Hall–Kier alpha value is -1.36. The van der Waals surface area contributed by atoms with Gasteiger partial charge in [0.25, 0.3) is 0 Å². The lowest BCUT2D eigenvalue weighted by molar-refractivity contribution is 0.867. The second-order valence-electron chi connectivity index (χ2n) is 5.02. The molecule has 1 aromatic heterocycles. The highest BCUT2D eigenvalue weighted by molar-refractivity contribution is 14.1. The van der Waals surface area contributed by atoms with Crippen molar-refractivity contribution >= 4 is 33.6 Å². The normalized spacial score (nSPS) is 11.4. The monoisotopic (exact) mass is 362 g/mol. The number of imidazole rings is 1. The molecule has 3 rings (SSSR count). The van der Waals surface area contributed by atoms with Crippen molar-refractivity contribution < 1.29 is 0 Å². The topological polar surface area (TPSA) is 28.7 Å². The number of H-pyrrole nitrogens is 1. The summed E-state index contributed by atoms with van der Waals surface area (Å²) in [7, 11) is 0. The van der Waals surface area contributed by atoms with E-state index in [1.165, 1.54) is 9.13 Å². The van der Waals surface area contributed by atoms with Crippen molar-refractivity contribution in [2.24, 2.45) is 0 Å². The molecule has 0 aliphatic rings. The number of benzene rings is 2. The third-order valence-corrected chi connectivity index (χ3v) is 3.97. The van der Waals surface area contributed by atoms with Crippen molar-refractivity contribution in [2.75, 3.05) is 0 Å². The Morgan fingerprint density at radius 1 is 1.05 bits per heavy atom. The highest BCUT2D eigenvalue weighted by Gasteiger charge is 2.06. The number of hydrogen-bond donors (Lipinski definition) is 1. The molecule has 0 amide bonds. The molecule has 2 aromatic carbocycles. The van der Waals surface area contributed by atoms with Crippen LogP contribution in [0, 0.1) is 3.57 Å². The average molecular weight is 362 g/mol. The molecule has 0 bridgehead atoms. The van der Waals surface area contributed by atoms with E-state index in [0.717, 1.165) is 22.4 Å². The Morgan fingerprint density at radius 3 is 2.47 bits per heavy atom. The van der Waals surface area contributed by atoms with Crippen molar-refractivity contribution in [3.8, 4) is 11.4 Å². The van der Waals surface area contributed by atoms with Crippen LogP contribution in [0.25, 0.3) is 22.4 Å². The van der Waals surface area contributed by atoms with E-state index < -0.39 is 0 Å². The van der Waals surface area contributed by atoms with Crippen LogP contribution in [-0.2, 0) is 0 Å². The molecule has 0 saturated carbocycles. The zero-order valence-electron chi connectivity index (χ0n) is 10.9. The standard InChI is InChI=1S/C16H15IN2/c1-10(2)11-3-5-12(6-4-11)16-18-14-8-7-13(17)9-15(14)19-16/h3-10H,1-2H3,(H,18,19). The Labute approximate surface area is 126 Å². The van der Waals surface area contributed by atoms with Crippen LogP contribution in [0.2, 0.25) is 0 Å². The van der Waals surface area contributed by atoms with Crippen molar-refractivity contribution in [1.82, 2.24) is 9.97 Å². The minimum atomic E-state index is 0.561. The van der Waals surface area contributed by atoms with Gasteiger partial charge in [0.05, 0.1) is 11.0 Å². The first-order valence-corrected chi connectivity index (χ1v) is 7.47. The number of nitrogens with one attached hydrogen (secondary N) is 1. The number of rotatable bonds is 2. The zero-order chi connectivity index (χ0) is 13.4. The summed E-state index contributed by atoms with van der Waals surface area (Å²) in [5, 5.41) is 0. The fraction of sp³-hybridized carbons (Fsp3) is 0.188. The smallest absolute Gasteiger partial charge is 0.138 e. The predicted octanol–water partition coefficient (Wildman–Crippen LogP) is 4.96. The number of nitrogens with zero attached hydrogens (tertiary/aromatic N) is 1. The predicted molar refractivity (Wildman–Crippen MR) is 88.3 cm³/mol. The van der Waals surface area contributed by atoms with Crippen LogP contribution in [0.5, 0.6) is 0 Å². The molecule has 19 heavy (non-hydrogen) atoms. The molecule has 1 N–H and O–H groups in total. The largest absolute Gasteiger partial charge is 0.338 e. The number of aromatic amines is 1. The van der Waals surface area contributed by atoms with Crippen molar-refractivity contribution in [3.05, 3.63) is 51.6 Å². The summed E-state index contributed by atoms with van der Waals surface area (Å²) in [4.78, 5) is 8.03. The fourth-order valence-electron chi connectivity index (χ4n) is 2.14. The molecule has 3 aromatic rings. The Kier molecular flexibility index (Phi) is 3.31. The Balaban J connectivity index is 2.03. The van der Waals surface area contributed by atoms with E-state index in [2.05, 4.69) is 88.9 Å². The summed E-state index contributed by atoms with van der Waals surface area (Å²) in [6.45, 7) is 4.41. The van der Waals surface area contributed by atoms with Gasteiger partial charge < -0.3 is 4.98 Å². The SMILES string of the molecule is CC(C)c1ccc(-c2nc3ccc(I)cc3[nH]2)cc1. The molecule has 0 aliphatic heterocycles. The van der Waals surface area contributed by atoms with Crippen LogP contribution >= 0.6 is 22.6 Å². The first-order valence-electron chi connectivity index (χ1n) is 6.39. The van der Waals surface area contributed by atoms with Gasteiger partial charge in [0.1, 0.15) is 5.82 Å². The van der Waals surface area contributed by atoms with E-state index >= 15 is 0 Å². The summed E-state index contributed by atoms with van der Waals surface area (Å²) < 4.78 is 1.22. The number of halogens is 1. The van der Waals surface area contributed by atoms with Crippen molar-refractivity contribution in [1.29, 1.82) is 0 Å². The molecule has 3 heteroatoms. The maximum absolute atomic E-state index is 4.64. The van der Waals surface area contributed by atoms with Gasteiger partial charge in [0.15, 0.2) is 0 Å². The molecule has 0 fully saturated rings. The van der Waals surface area contributed by atoms with Crippen LogP contribution in [-0.4, -0.2) is 9.97 Å². The van der Waals surface area contributed by atoms with E-state index in [1.807, 2.05) is 0 Å². The first-order chi connectivity index (χ1) is 9.13. The van der Waals surface area contributed by atoms with Crippen LogP contribution in [0.15, 0.2) is 42.5 Å². The van der Waals surface area contributed by atoms with Gasteiger partial charge in [-0.25, -0.2) is 4.98 Å². The van der Waals surface area contributed by atoms with E-state index in [-0.39, 0.29) is 0 Å².